The molecule has 0 amide bonds. The average Bonchev–Trinajstić information content (AvgIpc) is 2.56. The van der Waals surface area contributed by atoms with Crippen LogP contribution in [0.1, 0.15) is 6.92 Å². The lowest BCUT2D eigenvalue weighted by atomic mass is 10.3. The number of nitrogens with zero attached hydrogens (tertiary/aromatic N) is 1. The van der Waals surface area contributed by atoms with Gasteiger partial charge in [0.05, 0.1) is 16.8 Å². The van der Waals surface area contributed by atoms with Crippen LogP contribution in [0, 0.1) is 0 Å². The number of aromatic nitrogens is 1. The lowest BCUT2D eigenvalue weighted by molar-refractivity contribution is 0.341. The Morgan fingerprint density at radius 3 is 2.94 bits per heavy atom. The van der Waals surface area contributed by atoms with Gasteiger partial charge in [-0.05, 0) is 25.1 Å². The number of nitrogens with two attached hydrogens (primary N) is 1. The van der Waals surface area contributed by atoms with Crippen molar-refractivity contribution in [3.63, 3.8) is 0 Å². The summed E-state index contributed by atoms with van der Waals surface area (Å²) in [7, 11) is -3.78. The van der Waals surface area contributed by atoms with E-state index in [9.17, 15) is 8.42 Å². The van der Waals surface area contributed by atoms with Crippen molar-refractivity contribution in [3.8, 4) is 5.75 Å². The second-order valence-electron chi connectivity index (χ2n) is 3.23. The lowest BCUT2D eigenvalue weighted by Gasteiger charge is -2.00. The SMILES string of the molecule is CCOc1ccc2nc(NS(N)(=O)=O)sc2c1. The van der Waals surface area contributed by atoms with Crippen LogP contribution < -0.4 is 14.6 Å². The molecule has 17 heavy (non-hydrogen) atoms. The van der Waals surface area contributed by atoms with E-state index in [0.29, 0.717) is 12.1 Å². The molecule has 2 aromatic rings. The maximum Gasteiger partial charge on any atom is 0.298 e. The highest BCUT2D eigenvalue weighted by atomic mass is 32.2. The summed E-state index contributed by atoms with van der Waals surface area (Å²) in [5.41, 5.74) is 0.699. The molecule has 0 spiro atoms. The highest BCUT2D eigenvalue weighted by Crippen LogP contribution is 2.29. The molecule has 1 heterocycles. The van der Waals surface area contributed by atoms with E-state index in [2.05, 4.69) is 9.71 Å². The van der Waals surface area contributed by atoms with E-state index >= 15 is 0 Å². The van der Waals surface area contributed by atoms with Crippen LogP contribution in [0.4, 0.5) is 5.13 Å². The van der Waals surface area contributed by atoms with E-state index in [1.165, 1.54) is 11.3 Å². The molecular weight excluding hydrogens is 262 g/mol. The number of benzene rings is 1. The van der Waals surface area contributed by atoms with Gasteiger partial charge in [0.1, 0.15) is 5.75 Å². The predicted molar refractivity (Wildman–Crippen MR) is 67.5 cm³/mol. The van der Waals surface area contributed by atoms with Crippen LogP contribution in [0.25, 0.3) is 10.2 Å². The third-order valence-corrected chi connectivity index (χ3v) is 3.44. The van der Waals surface area contributed by atoms with E-state index < -0.39 is 10.2 Å². The fourth-order valence-electron chi connectivity index (χ4n) is 1.33. The molecule has 0 aliphatic carbocycles. The Bertz CT molecular complexity index is 636. The third-order valence-electron chi connectivity index (χ3n) is 1.90. The first-order chi connectivity index (χ1) is 7.98. The summed E-state index contributed by atoms with van der Waals surface area (Å²) in [6.07, 6.45) is 0. The number of rotatable bonds is 4. The van der Waals surface area contributed by atoms with Crippen LogP contribution in [0.3, 0.4) is 0 Å². The summed E-state index contributed by atoms with van der Waals surface area (Å²) in [5, 5.41) is 5.12. The molecule has 0 aliphatic rings. The molecule has 0 aliphatic heterocycles. The number of hydrogen-bond acceptors (Lipinski definition) is 5. The normalized spacial score (nSPS) is 11.6. The minimum atomic E-state index is -3.78. The second kappa shape index (κ2) is 4.47. The van der Waals surface area contributed by atoms with Gasteiger partial charge in [-0.1, -0.05) is 11.3 Å². The molecule has 1 aromatic carbocycles. The molecule has 0 atom stereocenters. The first kappa shape index (κ1) is 12.1. The molecule has 1 aromatic heterocycles. The fourth-order valence-corrected chi connectivity index (χ4v) is 2.88. The van der Waals surface area contributed by atoms with E-state index in [4.69, 9.17) is 9.88 Å². The average molecular weight is 273 g/mol. The molecule has 8 heteroatoms. The minimum Gasteiger partial charge on any atom is -0.494 e. The lowest BCUT2D eigenvalue weighted by Crippen LogP contribution is -2.21. The Morgan fingerprint density at radius 2 is 2.29 bits per heavy atom. The molecule has 3 N–H and O–H groups in total. The Balaban J connectivity index is 2.37. The van der Waals surface area contributed by atoms with Gasteiger partial charge >= 0.3 is 0 Å². The number of thiazole rings is 1. The number of anilines is 1. The van der Waals surface area contributed by atoms with Gasteiger partial charge in [0.15, 0.2) is 5.13 Å². The second-order valence-corrected chi connectivity index (χ2v) is 5.55. The Labute approximate surface area is 103 Å². The zero-order chi connectivity index (χ0) is 12.5. The molecule has 0 bridgehead atoms. The van der Waals surface area contributed by atoms with Crippen LogP contribution in [0.5, 0.6) is 5.75 Å². The number of ether oxygens (including phenoxy) is 1. The largest absolute Gasteiger partial charge is 0.494 e. The smallest absolute Gasteiger partial charge is 0.298 e. The molecule has 2 rings (SSSR count). The molecule has 0 saturated heterocycles. The monoisotopic (exact) mass is 273 g/mol. The van der Waals surface area contributed by atoms with Gasteiger partial charge in [-0.25, -0.2) is 14.8 Å². The first-order valence-corrected chi connectivity index (χ1v) is 7.18. The van der Waals surface area contributed by atoms with Gasteiger partial charge in [-0.15, -0.1) is 0 Å². The van der Waals surface area contributed by atoms with Crippen LogP contribution in [-0.4, -0.2) is 20.0 Å². The van der Waals surface area contributed by atoms with E-state index in [1.807, 2.05) is 13.0 Å². The standard InChI is InChI=1S/C9H11N3O3S2/c1-2-15-6-3-4-7-8(5-6)16-9(11-7)12-17(10,13)14/h3-5H,2H2,1H3,(H,11,12)(H2,10,13,14). The van der Waals surface area contributed by atoms with E-state index in [-0.39, 0.29) is 5.13 Å². The van der Waals surface area contributed by atoms with Crippen molar-refractivity contribution in [1.29, 1.82) is 0 Å². The summed E-state index contributed by atoms with van der Waals surface area (Å²) in [5.74, 6) is 0.728. The van der Waals surface area contributed by atoms with Gasteiger partial charge in [0, 0.05) is 0 Å². The van der Waals surface area contributed by atoms with Crippen LogP contribution in [0.2, 0.25) is 0 Å². The number of nitrogens with one attached hydrogen (secondary N) is 1. The first-order valence-electron chi connectivity index (χ1n) is 4.82. The van der Waals surface area contributed by atoms with Crippen molar-refractivity contribution in [2.45, 2.75) is 6.92 Å². The molecule has 0 radical (unpaired) electrons. The zero-order valence-corrected chi connectivity index (χ0v) is 10.6. The van der Waals surface area contributed by atoms with Gasteiger partial charge in [-0.3, -0.25) is 0 Å². The summed E-state index contributed by atoms with van der Waals surface area (Å²) in [4.78, 5) is 4.09. The molecule has 0 unspecified atom stereocenters. The summed E-state index contributed by atoms with van der Waals surface area (Å²) in [6.45, 7) is 2.47. The quantitative estimate of drug-likeness (QED) is 0.878. The highest BCUT2D eigenvalue weighted by Gasteiger charge is 2.09. The van der Waals surface area contributed by atoms with Crippen molar-refractivity contribution in [1.82, 2.24) is 4.98 Å². The van der Waals surface area contributed by atoms with Crippen LogP contribution in [0.15, 0.2) is 18.2 Å². The van der Waals surface area contributed by atoms with Gasteiger partial charge in [-0.2, -0.15) is 8.42 Å². The van der Waals surface area contributed by atoms with Gasteiger partial charge in [0.2, 0.25) is 0 Å². The number of fused-ring (bicyclic) bond motifs is 1. The molecule has 0 fully saturated rings. The maximum atomic E-state index is 10.9. The summed E-state index contributed by atoms with van der Waals surface area (Å²) < 4.78 is 30.0. The molecule has 6 nitrogen and oxygen atoms in total. The highest BCUT2D eigenvalue weighted by molar-refractivity contribution is 7.90. The topological polar surface area (TPSA) is 94.3 Å². The van der Waals surface area contributed by atoms with Gasteiger partial charge < -0.3 is 4.74 Å². The van der Waals surface area contributed by atoms with E-state index in [0.717, 1.165) is 10.4 Å². The minimum absolute atomic E-state index is 0.246. The molecule has 0 saturated carbocycles. The molecule has 92 valence electrons. The summed E-state index contributed by atoms with van der Waals surface area (Å²) >= 11 is 1.20. The van der Waals surface area contributed by atoms with E-state index in [1.54, 1.807) is 12.1 Å². The Kier molecular flexibility index (Phi) is 3.18. The summed E-state index contributed by atoms with van der Waals surface area (Å²) in [6, 6.07) is 5.36. The Hall–Kier alpha value is -1.38. The van der Waals surface area contributed by atoms with Crippen molar-refractivity contribution < 1.29 is 13.2 Å². The van der Waals surface area contributed by atoms with Crippen molar-refractivity contribution >= 4 is 36.9 Å². The van der Waals surface area contributed by atoms with Crippen molar-refractivity contribution in [2.24, 2.45) is 5.14 Å². The van der Waals surface area contributed by atoms with Crippen LogP contribution >= 0.6 is 11.3 Å². The Morgan fingerprint density at radius 1 is 1.53 bits per heavy atom. The third kappa shape index (κ3) is 3.05. The number of hydrogen-bond donors (Lipinski definition) is 2. The predicted octanol–water partition coefficient (Wildman–Crippen LogP) is 1.31. The zero-order valence-electron chi connectivity index (χ0n) is 9.00. The molecular formula is C9H11N3O3S2. The maximum absolute atomic E-state index is 10.9. The van der Waals surface area contributed by atoms with Crippen molar-refractivity contribution in [3.05, 3.63) is 18.2 Å². The van der Waals surface area contributed by atoms with Crippen LogP contribution in [-0.2, 0) is 10.2 Å². The van der Waals surface area contributed by atoms with Crippen molar-refractivity contribution in [2.75, 3.05) is 11.3 Å². The van der Waals surface area contributed by atoms with Gasteiger partial charge in [0.25, 0.3) is 10.2 Å². The fraction of sp³-hybridized carbons (Fsp3) is 0.222.